The summed E-state index contributed by atoms with van der Waals surface area (Å²) in [6.07, 6.45) is 4.03. The van der Waals surface area contributed by atoms with Crippen LogP contribution >= 0.6 is 0 Å². The molecule has 1 rings (SSSR count). The van der Waals surface area contributed by atoms with E-state index in [9.17, 15) is 5.11 Å². The van der Waals surface area contributed by atoms with Crippen LogP contribution in [-0.4, -0.2) is 34.5 Å². The molecule has 1 aliphatic rings. The predicted molar refractivity (Wildman–Crippen MR) is 52.6 cm³/mol. The van der Waals surface area contributed by atoms with Crippen molar-refractivity contribution < 1.29 is 10.2 Å². The first-order valence-corrected chi connectivity index (χ1v) is 5.06. The average molecular weight is 187 g/mol. The van der Waals surface area contributed by atoms with Crippen molar-refractivity contribution in [1.29, 1.82) is 0 Å². The van der Waals surface area contributed by atoms with Crippen LogP contribution in [0.4, 0.5) is 0 Å². The summed E-state index contributed by atoms with van der Waals surface area (Å²) in [6.45, 7) is 4.57. The van der Waals surface area contributed by atoms with Gasteiger partial charge in [0, 0.05) is 12.1 Å². The zero-order valence-electron chi connectivity index (χ0n) is 8.64. The minimum atomic E-state index is -0.521. The lowest BCUT2D eigenvalue weighted by Gasteiger charge is -2.30. The molecule has 1 aliphatic carbocycles. The summed E-state index contributed by atoms with van der Waals surface area (Å²) >= 11 is 0. The number of hydrogen-bond acceptors (Lipinski definition) is 3. The van der Waals surface area contributed by atoms with E-state index in [1.165, 1.54) is 0 Å². The number of hydrogen-bond donors (Lipinski definition) is 3. The third-order valence-electron chi connectivity index (χ3n) is 2.83. The van der Waals surface area contributed by atoms with Crippen LogP contribution in [-0.2, 0) is 0 Å². The van der Waals surface area contributed by atoms with E-state index in [4.69, 9.17) is 5.11 Å². The van der Waals surface area contributed by atoms with Crippen molar-refractivity contribution in [3.63, 3.8) is 0 Å². The first kappa shape index (κ1) is 11.0. The number of aliphatic hydroxyl groups is 2. The van der Waals surface area contributed by atoms with Gasteiger partial charge in [0.1, 0.15) is 0 Å². The molecule has 0 unspecified atom stereocenters. The number of β-amino-alcohol motifs (C(OH)–C–C–N with tert-alkyl or cyclic N) is 1. The third-order valence-corrected chi connectivity index (χ3v) is 2.83. The Hall–Kier alpha value is -0.120. The van der Waals surface area contributed by atoms with Gasteiger partial charge in [0.05, 0.1) is 12.2 Å². The Kier molecular flexibility index (Phi) is 3.33. The van der Waals surface area contributed by atoms with E-state index in [1.54, 1.807) is 0 Å². The zero-order valence-corrected chi connectivity index (χ0v) is 8.64. The largest absolute Gasteiger partial charge is 0.394 e. The molecule has 3 N–H and O–H groups in total. The maximum atomic E-state index is 10.0. The van der Waals surface area contributed by atoms with Gasteiger partial charge in [0.15, 0.2) is 0 Å². The molecule has 78 valence electrons. The molecule has 0 amide bonds. The standard InChI is InChI=1S/C10H21NO2/c1-9(2,8-12)11-7-10(13)5-3-4-6-10/h11-13H,3-8H2,1-2H3. The predicted octanol–water partition coefficient (Wildman–Crippen LogP) is 0.652. The summed E-state index contributed by atoms with van der Waals surface area (Å²) < 4.78 is 0. The zero-order chi connectivity index (χ0) is 9.95. The maximum absolute atomic E-state index is 10.0. The molecule has 0 aliphatic heterocycles. The van der Waals surface area contributed by atoms with Gasteiger partial charge in [-0.25, -0.2) is 0 Å². The van der Waals surface area contributed by atoms with Crippen LogP contribution in [0.3, 0.4) is 0 Å². The maximum Gasteiger partial charge on any atom is 0.0771 e. The van der Waals surface area contributed by atoms with Crippen LogP contribution in [0.5, 0.6) is 0 Å². The lowest BCUT2D eigenvalue weighted by atomic mass is 9.99. The fourth-order valence-electron chi connectivity index (χ4n) is 1.67. The number of aliphatic hydroxyl groups excluding tert-OH is 1. The minimum absolute atomic E-state index is 0.100. The summed E-state index contributed by atoms with van der Waals surface area (Å²) in [6, 6.07) is 0. The Morgan fingerprint density at radius 3 is 2.31 bits per heavy atom. The molecule has 0 bridgehead atoms. The van der Waals surface area contributed by atoms with Gasteiger partial charge >= 0.3 is 0 Å². The molecule has 1 saturated carbocycles. The lowest BCUT2D eigenvalue weighted by Crippen LogP contribution is -2.50. The highest BCUT2D eigenvalue weighted by atomic mass is 16.3. The smallest absolute Gasteiger partial charge is 0.0771 e. The van der Waals surface area contributed by atoms with Crippen molar-refractivity contribution >= 4 is 0 Å². The molecule has 0 saturated heterocycles. The highest BCUT2D eigenvalue weighted by Crippen LogP contribution is 2.28. The van der Waals surface area contributed by atoms with Crippen LogP contribution in [0.15, 0.2) is 0 Å². The van der Waals surface area contributed by atoms with Gasteiger partial charge in [0.25, 0.3) is 0 Å². The SMILES string of the molecule is CC(C)(CO)NCC1(O)CCCC1. The molecular weight excluding hydrogens is 166 g/mol. The van der Waals surface area contributed by atoms with E-state index in [2.05, 4.69) is 5.32 Å². The first-order chi connectivity index (χ1) is 5.97. The van der Waals surface area contributed by atoms with E-state index >= 15 is 0 Å². The molecule has 1 fully saturated rings. The van der Waals surface area contributed by atoms with Crippen molar-refractivity contribution in [3.8, 4) is 0 Å². The van der Waals surface area contributed by atoms with Gasteiger partial charge in [-0.3, -0.25) is 0 Å². The van der Waals surface area contributed by atoms with E-state index in [-0.39, 0.29) is 12.1 Å². The molecule has 13 heavy (non-hydrogen) atoms. The van der Waals surface area contributed by atoms with Gasteiger partial charge in [-0.05, 0) is 26.7 Å². The van der Waals surface area contributed by atoms with Crippen molar-refractivity contribution in [1.82, 2.24) is 5.32 Å². The van der Waals surface area contributed by atoms with Gasteiger partial charge in [-0.15, -0.1) is 0 Å². The van der Waals surface area contributed by atoms with Crippen molar-refractivity contribution in [3.05, 3.63) is 0 Å². The molecule has 0 aromatic carbocycles. The Balaban J connectivity index is 2.32. The first-order valence-electron chi connectivity index (χ1n) is 5.06. The molecular formula is C10H21NO2. The Morgan fingerprint density at radius 2 is 1.85 bits per heavy atom. The van der Waals surface area contributed by atoms with Crippen LogP contribution in [0.2, 0.25) is 0 Å². The second-order valence-corrected chi connectivity index (χ2v) is 4.83. The number of nitrogens with one attached hydrogen (secondary N) is 1. The summed E-state index contributed by atoms with van der Waals surface area (Å²) in [4.78, 5) is 0. The van der Waals surface area contributed by atoms with Crippen molar-refractivity contribution in [2.45, 2.75) is 50.7 Å². The third kappa shape index (κ3) is 3.25. The fourth-order valence-corrected chi connectivity index (χ4v) is 1.67. The summed E-state index contributed by atoms with van der Waals surface area (Å²) in [5.41, 5.74) is -0.801. The monoisotopic (exact) mass is 187 g/mol. The van der Waals surface area contributed by atoms with E-state index < -0.39 is 5.60 Å². The summed E-state index contributed by atoms with van der Waals surface area (Å²) in [5.74, 6) is 0. The van der Waals surface area contributed by atoms with Gasteiger partial charge in [-0.2, -0.15) is 0 Å². The van der Waals surface area contributed by atoms with Crippen molar-refractivity contribution in [2.75, 3.05) is 13.2 Å². The van der Waals surface area contributed by atoms with E-state index in [0.29, 0.717) is 6.54 Å². The average Bonchev–Trinajstić information content (AvgIpc) is 2.50. The Morgan fingerprint density at radius 1 is 1.31 bits per heavy atom. The highest BCUT2D eigenvalue weighted by molar-refractivity contribution is 4.89. The van der Waals surface area contributed by atoms with E-state index in [1.807, 2.05) is 13.8 Å². The van der Waals surface area contributed by atoms with Gasteiger partial charge in [0.2, 0.25) is 0 Å². The number of rotatable bonds is 4. The van der Waals surface area contributed by atoms with Gasteiger partial charge < -0.3 is 15.5 Å². The van der Waals surface area contributed by atoms with Crippen LogP contribution in [0.25, 0.3) is 0 Å². The van der Waals surface area contributed by atoms with Gasteiger partial charge in [-0.1, -0.05) is 12.8 Å². The second kappa shape index (κ2) is 3.95. The Bertz CT molecular complexity index is 162. The van der Waals surface area contributed by atoms with Crippen LogP contribution < -0.4 is 5.32 Å². The molecule has 3 heteroatoms. The molecule has 0 spiro atoms. The molecule has 0 aromatic heterocycles. The van der Waals surface area contributed by atoms with Crippen molar-refractivity contribution in [2.24, 2.45) is 0 Å². The van der Waals surface area contributed by atoms with Crippen LogP contribution in [0, 0.1) is 0 Å². The normalized spacial score (nSPS) is 22.2. The summed E-state index contributed by atoms with van der Waals surface area (Å²) in [7, 11) is 0. The fraction of sp³-hybridized carbons (Fsp3) is 1.00. The molecule has 0 radical (unpaired) electrons. The molecule has 0 atom stereocenters. The molecule has 0 heterocycles. The Labute approximate surface area is 80.2 Å². The van der Waals surface area contributed by atoms with E-state index in [0.717, 1.165) is 25.7 Å². The van der Waals surface area contributed by atoms with Crippen LogP contribution in [0.1, 0.15) is 39.5 Å². The lowest BCUT2D eigenvalue weighted by molar-refractivity contribution is 0.0356. The second-order valence-electron chi connectivity index (χ2n) is 4.83. The highest BCUT2D eigenvalue weighted by Gasteiger charge is 2.32. The molecule has 3 nitrogen and oxygen atoms in total. The quantitative estimate of drug-likeness (QED) is 0.606. The summed E-state index contributed by atoms with van der Waals surface area (Å²) in [5, 5.41) is 22.2. The topological polar surface area (TPSA) is 52.5 Å². The molecule has 0 aromatic rings. The minimum Gasteiger partial charge on any atom is -0.394 e.